The van der Waals surface area contributed by atoms with Gasteiger partial charge in [0.1, 0.15) is 6.33 Å². The largest absolute Gasteiger partial charge is 0.334 e. The molecule has 0 saturated heterocycles. The minimum absolute atomic E-state index is 0.450. The minimum atomic E-state index is 0.450. The molecular formula is C14H8ClN5O. The van der Waals surface area contributed by atoms with Crippen molar-refractivity contribution in [3.05, 3.63) is 53.9 Å². The lowest BCUT2D eigenvalue weighted by Crippen LogP contribution is -1.87. The van der Waals surface area contributed by atoms with E-state index in [4.69, 9.17) is 16.1 Å². The lowest BCUT2D eigenvalue weighted by Gasteiger charge is -1.95. The molecule has 3 aromatic heterocycles. The van der Waals surface area contributed by atoms with Crippen LogP contribution in [-0.4, -0.2) is 24.7 Å². The smallest absolute Gasteiger partial charge is 0.258 e. The Labute approximate surface area is 124 Å². The number of rotatable bonds is 2. The number of fused-ring (bicyclic) bond motifs is 1. The SMILES string of the molecule is Clc1ccc(-c2nc(-c3ccc4nncn4c3)no2)cc1. The number of pyridine rings is 1. The van der Waals surface area contributed by atoms with Gasteiger partial charge in [0.05, 0.1) is 0 Å². The van der Waals surface area contributed by atoms with Crippen molar-refractivity contribution in [1.82, 2.24) is 24.7 Å². The lowest BCUT2D eigenvalue weighted by molar-refractivity contribution is 0.432. The van der Waals surface area contributed by atoms with Crippen molar-refractivity contribution in [2.24, 2.45) is 0 Å². The van der Waals surface area contributed by atoms with Crippen molar-refractivity contribution in [3.63, 3.8) is 0 Å². The van der Waals surface area contributed by atoms with Crippen molar-refractivity contribution >= 4 is 17.2 Å². The molecule has 0 aliphatic carbocycles. The molecule has 0 aliphatic rings. The first-order chi connectivity index (χ1) is 10.3. The summed E-state index contributed by atoms with van der Waals surface area (Å²) in [4.78, 5) is 4.40. The minimum Gasteiger partial charge on any atom is -0.334 e. The van der Waals surface area contributed by atoms with Gasteiger partial charge >= 0.3 is 0 Å². The van der Waals surface area contributed by atoms with Crippen LogP contribution in [0.4, 0.5) is 0 Å². The molecule has 0 N–H and O–H groups in total. The Morgan fingerprint density at radius 3 is 2.67 bits per heavy atom. The summed E-state index contributed by atoms with van der Waals surface area (Å²) in [6.07, 6.45) is 3.48. The van der Waals surface area contributed by atoms with Crippen LogP contribution < -0.4 is 0 Å². The first-order valence-electron chi connectivity index (χ1n) is 6.19. The fraction of sp³-hybridized carbons (Fsp3) is 0. The number of nitrogens with zero attached hydrogens (tertiary/aromatic N) is 5. The molecule has 7 heteroatoms. The van der Waals surface area contributed by atoms with Gasteiger partial charge in [-0.25, -0.2) is 0 Å². The summed E-state index contributed by atoms with van der Waals surface area (Å²) in [6, 6.07) is 11.0. The third kappa shape index (κ3) is 2.15. The van der Waals surface area contributed by atoms with Crippen molar-refractivity contribution in [2.75, 3.05) is 0 Å². The van der Waals surface area contributed by atoms with Gasteiger partial charge in [0.2, 0.25) is 5.82 Å². The molecule has 3 heterocycles. The number of hydrogen-bond acceptors (Lipinski definition) is 5. The number of aromatic nitrogens is 5. The maximum absolute atomic E-state index is 5.86. The monoisotopic (exact) mass is 297 g/mol. The van der Waals surface area contributed by atoms with Crippen LogP contribution in [0.5, 0.6) is 0 Å². The van der Waals surface area contributed by atoms with Gasteiger partial charge in [-0.1, -0.05) is 16.8 Å². The Kier molecular flexibility index (Phi) is 2.68. The summed E-state index contributed by atoms with van der Waals surface area (Å²) < 4.78 is 7.09. The van der Waals surface area contributed by atoms with Gasteiger partial charge < -0.3 is 4.52 Å². The van der Waals surface area contributed by atoms with E-state index in [1.807, 2.05) is 30.5 Å². The van der Waals surface area contributed by atoms with Crippen LogP contribution in [-0.2, 0) is 0 Å². The van der Waals surface area contributed by atoms with Gasteiger partial charge in [0, 0.05) is 22.3 Å². The average Bonchev–Trinajstić information content (AvgIpc) is 3.16. The van der Waals surface area contributed by atoms with Crippen LogP contribution in [0.3, 0.4) is 0 Å². The molecule has 0 amide bonds. The van der Waals surface area contributed by atoms with Gasteiger partial charge in [-0.15, -0.1) is 10.2 Å². The van der Waals surface area contributed by atoms with E-state index in [0.717, 1.165) is 16.8 Å². The Morgan fingerprint density at radius 2 is 1.81 bits per heavy atom. The highest BCUT2D eigenvalue weighted by Gasteiger charge is 2.11. The van der Waals surface area contributed by atoms with Gasteiger partial charge in [-0.2, -0.15) is 4.98 Å². The quantitative estimate of drug-likeness (QED) is 0.568. The van der Waals surface area contributed by atoms with Crippen molar-refractivity contribution < 1.29 is 4.52 Å². The number of hydrogen-bond donors (Lipinski definition) is 0. The summed E-state index contributed by atoms with van der Waals surface area (Å²) in [5.41, 5.74) is 2.41. The number of halogens is 1. The topological polar surface area (TPSA) is 69.1 Å². The standard InChI is InChI=1S/C14H8ClN5O/c15-11-4-1-9(2-5-11)14-17-13(19-21-14)10-3-6-12-18-16-8-20(12)7-10/h1-8H. The maximum Gasteiger partial charge on any atom is 0.258 e. The zero-order valence-electron chi connectivity index (χ0n) is 10.6. The second kappa shape index (κ2) is 4.68. The fourth-order valence-corrected chi connectivity index (χ4v) is 2.14. The molecule has 1 aromatic carbocycles. The van der Waals surface area contributed by atoms with Crippen LogP contribution >= 0.6 is 11.6 Å². The van der Waals surface area contributed by atoms with E-state index in [0.29, 0.717) is 16.7 Å². The molecule has 6 nitrogen and oxygen atoms in total. The highest BCUT2D eigenvalue weighted by molar-refractivity contribution is 6.30. The second-order valence-electron chi connectivity index (χ2n) is 4.44. The zero-order valence-corrected chi connectivity index (χ0v) is 11.4. The molecule has 0 aliphatic heterocycles. The van der Waals surface area contributed by atoms with Gasteiger partial charge in [-0.05, 0) is 36.4 Å². The van der Waals surface area contributed by atoms with Crippen molar-refractivity contribution in [2.45, 2.75) is 0 Å². The molecule has 0 unspecified atom stereocenters. The Morgan fingerprint density at radius 1 is 1.00 bits per heavy atom. The first-order valence-corrected chi connectivity index (χ1v) is 6.57. The van der Waals surface area contributed by atoms with Gasteiger partial charge in [-0.3, -0.25) is 4.40 Å². The normalized spacial score (nSPS) is 11.1. The Balaban J connectivity index is 1.74. The molecule has 0 radical (unpaired) electrons. The molecule has 102 valence electrons. The second-order valence-corrected chi connectivity index (χ2v) is 4.88. The molecule has 4 aromatic rings. The summed E-state index contributed by atoms with van der Waals surface area (Å²) in [5, 5.41) is 12.5. The molecular weight excluding hydrogens is 290 g/mol. The van der Waals surface area contributed by atoms with E-state index in [1.54, 1.807) is 22.9 Å². The number of benzene rings is 1. The predicted octanol–water partition coefficient (Wildman–Crippen LogP) is 3.10. The van der Waals surface area contributed by atoms with Crippen molar-refractivity contribution in [3.8, 4) is 22.8 Å². The summed E-state index contributed by atoms with van der Waals surface area (Å²) in [6.45, 7) is 0. The highest BCUT2D eigenvalue weighted by atomic mass is 35.5. The molecule has 0 saturated carbocycles. The van der Waals surface area contributed by atoms with Gasteiger partial charge in [0.15, 0.2) is 5.65 Å². The van der Waals surface area contributed by atoms with E-state index >= 15 is 0 Å². The average molecular weight is 298 g/mol. The van der Waals surface area contributed by atoms with E-state index in [2.05, 4.69) is 20.3 Å². The van der Waals surface area contributed by atoms with E-state index < -0.39 is 0 Å². The van der Waals surface area contributed by atoms with E-state index in [1.165, 1.54) is 0 Å². The summed E-state index contributed by atoms with van der Waals surface area (Å²) >= 11 is 5.86. The van der Waals surface area contributed by atoms with E-state index in [9.17, 15) is 0 Å². The summed E-state index contributed by atoms with van der Waals surface area (Å²) in [7, 11) is 0. The third-order valence-corrected chi connectivity index (χ3v) is 3.32. The van der Waals surface area contributed by atoms with Crippen LogP contribution in [0.1, 0.15) is 0 Å². The first kappa shape index (κ1) is 12.0. The van der Waals surface area contributed by atoms with Crippen LogP contribution in [0.25, 0.3) is 28.5 Å². The predicted molar refractivity (Wildman–Crippen MR) is 76.7 cm³/mol. The third-order valence-electron chi connectivity index (χ3n) is 3.07. The Hall–Kier alpha value is -2.73. The molecule has 0 spiro atoms. The van der Waals surface area contributed by atoms with E-state index in [-0.39, 0.29) is 0 Å². The maximum atomic E-state index is 5.86. The van der Waals surface area contributed by atoms with Crippen LogP contribution in [0, 0.1) is 0 Å². The molecule has 4 rings (SSSR count). The molecule has 0 atom stereocenters. The van der Waals surface area contributed by atoms with Crippen molar-refractivity contribution in [1.29, 1.82) is 0 Å². The molecule has 0 fully saturated rings. The summed E-state index contributed by atoms with van der Waals surface area (Å²) in [5.74, 6) is 0.959. The fourth-order valence-electron chi connectivity index (χ4n) is 2.01. The van der Waals surface area contributed by atoms with Gasteiger partial charge in [0.25, 0.3) is 5.89 Å². The molecule has 0 bridgehead atoms. The Bertz CT molecular complexity index is 912. The van der Waals surface area contributed by atoms with Crippen LogP contribution in [0.2, 0.25) is 5.02 Å². The molecule has 21 heavy (non-hydrogen) atoms. The zero-order chi connectivity index (χ0) is 14.2. The van der Waals surface area contributed by atoms with Crippen LogP contribution in [0.15, 0.2) is 53.4 Å². The lowest BCUT2D eigenvalue weighted by atomic mass is 10.2. The highest BCUT2D eigenvalue weighted by Crippen LogP contribution is 2.23.